The second kappa shape index (κ2) is 5.55. The smallest absolute Gasteiger partial charge is 0.410 e. The van der Waals surface area contributed by atoms with Gasteiger partial charge in [0.05, 0.1) is 25.4 Å². The number of rotatable bonds is 2. The molecule has 0 unspecified atom stereocenters. The number of β-amino-alcohol motifs (C(OH)–C–C–N with tert-alkyl or cyclic N) is 1. The van der Waals surface area contributed by atoms with Gasteiger partial charge in [-0.15, -0.1) is 0 Å². The van der Waals surface area contributed by atoms with Crippen molar-refractivity contribution in [3.63, 3.8) is 0 Å². The van der Waals surface area contributed by atoms with Crippen LogP contribution in [-0.2, 0) is 16.9 Å². The van der Waals surface area contributed by atoms with Crippen molar-refractivity contribution in [1.29, 1.82) is 0 Å². The number of hydrogen-bond acceptors (Lipinski definition) is 5. The number of carbonyl (C=O) groups is 1. The highest BCUT2D eigenvalue weighted by Crippen LogP contribution is 2.34. The van der Waals surface area contributed by atoms with Gasteiger partial charge < -0.3 is 19.8 Å². The number of nitrogens with zero attached hydrogens (tertiary/aromatic N) is 2. The van der Waals surface area contributed by atoms with Gasteiger partial charge >= 0.3 is 6.09 Å². The Morgan fingerprint density at radius 3 is 2.67 bits per heavy atom. The quantitative estimate of drug-likeness (QED) is 0.841. The average Bonchev–Trinajstić information content (AvgIpc) is 2.32. The molecule has 7 heteroatoms. The first kappa shape index (κ1) is 16.2. The molecular formula is C14H19BrN2O4. The molecule has 0 aromatic carbocycles. The van der Waals surface area contributed by atoms with E-state index in [4.69, 9.17) is 4.74 Å². The minimum absolute atomic E-state index is 0.101. The summed E-state index contributed by atoms with van der Waals surface area (Å²) in [6.45, 7) is 5.34. The van der Waals surface area contributed by atoms with E-state index in [1.807, 2.05) is 0 Å². The van der Waals surface area contributed by atoms with E-state index < -0.39 is 17.3 Å². The Morgan fingerprint density at radius 2 is 2.14 bits per heavy atom. The van der Waals surface area contributed by atoms with Crippen LogP contribution in [0, 0.1) is 0 Å². The fourth-order valence-corrected chi connectivity index (χ4v) is 2.59. The maximum Gasteiger partial charge on any atom is 0.410 e. The minimum Gasteiger partial charge on any atom is -0.444 e. The summed E-state index contributed by atoms with van der Waals surface area (Å²) >= 11 is 3.27. The monoisotopic (exact) mass is 358 g/mol. The van der Waals surface area contributed by atoms with E-state index >= 15 is 0 Å². The third kappa shape index (κ3) is 3.53. The largest absolute Gasteiger partial charge is 0.444 e. The molecule has 1 fully saturated rings. The van der Waals surface area contributed by atoms with E-state index in [9.17, 15) is 15.0 Å². The van der Waals surface area contributed by atoms with Crippen LogP contribution in [0.25, 0.3) is 0 Å². The van der Waals surface area contributed by atoms with Gasteiger partial charge in [-0.05, 0) is 42.8 Å². The number of hydrogen-bond donors (Lipinski definition) is 2. The molecule has 6 nitrogen and oxygen atoms in total. The van der Waals surface area contributed by atoms with Crippen LogP contribution in [0.1, 0.15) is 32.0 Å². The van der Waals surface area contributed by atoms with Crippen LogP contribution in [0.4, 0.5) is 4.79 Å². The second-order valence-corrected chi connectivity index (χ2v) is 7.10. The minimum atomic E-state index is -1.24. The number of aliphatic hydroxyl groups excluding tert-OH is 1. The second-order valence-electron chi connectivity index (χ2n) is 6.19. The lowest BCUT2D eigenvalue weighted by Gasteiger charge is -2.46. The molecule has 2 rings (SSSR count). The molecule has 1 aromatic heterocycles. The molecule has 1 aromatic rings. The predicted molar refractivity (Wildman–Crippen MR) is 79.6 cm³/mol. The van der Waals surface area contributed by atoms with Crippen molar-refractivity contribution in [2.75, 3.05) is 13.1 Å². The number of amides is 1. The number of pyridine rings is 1. The maximum absolute atomic E-state index is 11.9. The van der Waals surface area contributed by atoms with Gasteiger partial charge in [0.15, 0.2) is 0 Å². The fraction of sp³-hybridized carbons (Fsp3) is 0.571. The van der Waals surface area contributed by atoms with Gasteiger partial charge in [0.2, 0.25) is 0 Å². The van der Waals surface area contributed by atoms with Crippen molar-refractivity contribution in [1.82, 2.24) is 9.88 Å². The standard InChI is InChI=1S/C14H19BrN2O4/c1-13(2,3)21-12(19)17-7-14(20,8-17)11-9(6-18)4-10(15)5-16-11/h4-5,18,20H,6-8H2,1-3H3. The van der Waals surface area contributed by atoms with Crippen molar-refractivity contribution in [3.05, 3.63) is 28.0 Å². The summed E-state index contributed by atoms with van der Waals surface area (Å²) in [7, 11) is 0. The van der Waals surface area contributed by atoms with E-state index in [-0.39, 0.29) is 19.7 Å². The number of halogens is 1. The van der Waals surface area contributed by atoms with Crippen LogP contribution in [0.2, 0.25) is 0 Å². The molecule has 2 heterocycles. The normalized spacial score (nSPS) is 17.3. The molecule has 0 aliphatic carbocycles. The van der Waals surface area contributed by atoms with Crippen LogP contribution in [0.3, 0.4) is 0 Å². The Balaban J connectivity index is 2.09. The van der Waals surface area contributed by atoms with Crippen molar-refractivity contribution in [3.8, 4) is 0 Å². The first-order valence-corrected chi connectivity index (χ1v) is 7.40. The molecule has 21 heavy (non-hydrogen) atoms. The van der Waals surface area contributed by atoms with Crippen LogP contribution in [0.5, 0.6) is 0 Å². The van der Waals surface area contributed by atoms with Gasteiger partial charge in [0, 0.05) is 16.2 Å². The molecule has 1 saturated heterocycles. The average molecular weight is 359 g/mol. The fourth-order valence-electron chi connectivity index (χ4n) is 2.21. The van der Waals surface area contributed by atoms with Crippen LogP contribution < -0.4 is 0 Å². The third-order valence-electron chi connectivity index (χ3n) is 3.10. The first-order valence-electron chi connectivity index (χ1n) is 6.61. The molecule has 2 N–H and O–H groups in total. The van der Waals surface area contributed by atoms with Crippen molar-refractivity contribution in [2.45, 2.75) is 38.6 Å². The SMILES string of the molecule is CC(C)(C)OC(=O)N1CC(O)(c2ncc(Br)cc2CO)C1. The summed E-state index contributed by atoms with van der Waals surface area (Å²) < 4.78 is 5.97. The Labute approximate surface area is 131 Å². The summed E-state index contributed by atoms with van der Waals surface area (Å²) in [6.07, 6.45) is 1.10. The zero-order chi connectivity index (χ0) is 15.8. The number of carbonyl (C=O) groups excluding carboxylic acids is 1. The summed E-state index contributed by atoms with van der Waals surface area (Å²) in [4.78, 5) is 17.5. The summed E-state index contributed by atoms with van der Waals surface area (Å²) in [5.74, 6) is 0. The highest BCUT2D eigenvalue weighted by Gasteiger charge is 2.48. The molecule has 0 saturated carbocycles. The van der Waals surface area contributed by atoms with Crippen LogP contribution >= 0.6 is 15.9 Å². The lowest BCUT2D eigenvalue weighted by molar-refractivity contribution is -0.106. The van der Waals surface area contributed by atoms with E-state index in [0.29, 0.717) is 11.3 Å². The van der Waals surface area contributed by atoms with E-state index in [0.717, 1.165) is 4.47 Å². The van der Waals surface area contributed by atoms with E-state index in [2.05, 4.69) is 20.9 Å². The molecule has 0 spiro atoms. The van der Waals surface area contributed by atoms with Crippen molar-refractivity contribution in [2.24, 2.45) is 0 Å². The predicted octanol–water partition coefficient (Wildman–Crippen LogP) is 1.77. The highest BCUT2D eigenvalue weighted by atomic mass is 79.9. The molecule has 0 atom stereocenters. The third-order valence-corrected chi connectivity index (χ3v) is 3.53. The first-order chi connectivity index (χ1) is 9.64. The lowest BCUT2D eigenvalue weighted by atomic mass is 9.87. The number of ether oxygens (including phenoxy) is 1. The zero-order valence-electron chi connectivity index (χ0n) is 12.3. The van der Waals surface area contributed by atoms with Crippen LogP contribution in [-0.4, -0.2) is 44.9 Å². The van der Waals surface area contributed by atoms with E-state index in [1.165, 1.54) is 4.90 Å². The summed E-state index contributed by atoms with van der Waals surface area (Å²) in [5.41, 5.74) is -0.879. The van der Waals surface area contributed by atoms with Gasteiger partial charge in [0.25, 0.3) is 0 Å². The summed E-state index contributed by atoms with van der Waals surface area (Å²) in [5, 5.41) is 19.9. The topological polar surface area (TPSA) is 82.9 Å². The number of aromatic nitrogens is 1. The van der Waals surface area contributed by atoms with Gasteiger partial charge in [-0.25, -0.2) is 4.79 Å². The van der Waals surface area contributed by atoms with Gasteiger partial charge in [-0.2, -0.15) is 0 Å². The number of aliphatic hydroxyl groups is 2. The summed E-state index contributed by atoms with van der Waals surface area (Å²) in [6, 6.07) is 1.70. The molecule has 1 aliphatic rings. The molecule has 0 bridgehead atoms. The highest BCUT2D eigenvalue weighted by molar-refractivity contribution is 9.10. The van der Waals surface area contributed by atoms with Crippen molar-refractivity contribution >= 4 is 22.0 Å². The lowest BCUT2D eigenvalue weighted by Crippen LogP contribution is -2.62. The molecule has 1 aliphatic heterocycles. The van der Waals surface area contributed by atoms with Gasteiger partial charge in [-0.3, -0.25) is 4.98 Å². The Bertz CT molecular complexity index is 550. The number of likely N-dealkylation sites (tertiary alicyclic amines) is 1. The van der Waals surface area contributed by atoms with E-state index in [1.54, 1.807) is 33.0 Å². The molecular weight excluding hydrogens is 340 g/mol. The maximum atomic E-state index is 11.9. The zero-order valence-corrected chi connectivity index (χ0v) is 13.8. The Hall–Kier alpha value is -1.18. The van der Waals surface area contributed by atoms with Gasteiger partial charge in [-0.1, -0.05) is 0 Å². The van der Waals surface area contributed by atoms with Crippen molar-refractivity contribution < 1.29 is 19.7 Å². The Morgan fingerprint density at radius 1 is 1.52 bits per heavy atom. The van der Waals surface area contributed by atoms with Gasteiger partial charge in [0.1, 0.15) is 11.2 Å². The Kier molecular flexibility index (Phi) is 4.28. The van der Waals surface area contributed by atoms with Crippen LogP contribution in [0.15, 0.2) is 16.7 Å². The molecule has 116 valence electrons. The molecule has 0 radical (unpaired) electrons. The molecule has 1 amide bonds.